The largest absolute Gasteiger partial charge is 0.309 e. The second-order valence-electron chi connectivity index (χ2n) is 5.06. The number of hydrogen-bond donors (Lipinski definition) is 1. The second-order valence-corrected chi connectivity index (χ2v) is 7.87. The van der Waals surface area contributed by atoms with Crippen LogP contribution in [0.15, 0.2) is 28.1 Å². The monoisotopic (exact) mass is 389 g/mol. The summed E-state index contributed by atoms with van der Waals surface area (Å²) < 4.78 is 14.4. The van der Waals surface area contributed by atoms with Gasteiger partial charge in [-0.25, -0.2) is 4.39 Å². The molecule has 0 fully saturated rings. The lowest BCUT2D eigenvalue weighted by atomic mass is 10.0. The molecule has 0 saturated heterocycles. The smallest absolute Gasteiger partial charge is 0.141 e. The number of benzene rings is 1. The molecule has 0 aliphatic heterocycles. The molecule has 0 spiro atoms. The first-order valence-electron chi connectivity index (χ1n) is 6.94. The molecule has 114 valence electrons. The highest BCUT2D eigenvalue weighted by Crippen LogP contribution is 2.33. The molecule has 1 atom stereocenters. The fourth-order valence-corrected chi connectivity index (χ4v) is 4.00. The van der Waals surface area contributed by atoms with E-state index >= 15 is 0 Å². The maximum atomic E-state index is 13.3. The molecule has 1 nitrogen and oxygen atoms in total. The van der Waals surface area contributed by atoms with Gasteiger partial charge >= 0.3 is 0 Å². The van der Waals surface area contributed by atoms with Gasteiger partial charge in [-0.15, -0.1) is 11.3 Å². The first-order chi connectivity index (χ1) is 10.0. The summed E-state index contributed by atoms with van der Waals surface area (Å²) in [5.41, 5.74) is 2.28. The van der Waals surface area contributed by atoms with Crippen molar-refractivity contribution in [1.82, 2.24) is 5.32 Å². The fourth-order valence-electron chi connectivity index (χ4n) is 2.15. The minimum Gasteiger partial charge on any atom is -0.309 e. The lowest BCUT2D eigenvalue weighted by molar-refractivity contribution is 0.535. The van der Waals surface area contributed by atoms with E-state index in [9.17, 15) is 4.39 Å². The van der Waals surface area contributed by atoms with E-state index < -0.39 is 0 Å². The quantitative estimate of drug-likeness (QED) is 0.648. The van der Waals surface area contributed by atoms with E-state index in [1.54, 1.807) is 23.5 Å². The Morgan fingerprint density at radius 1 is 1.38 bits per heavy atom. The second kappa shape index (κ2) is 7.73. The zero-order chi connectivity index (χ0) is 15.4. The highest BCUT2D eigenvalue weighted by molar-refractivity contribution is 9.11. The molecule has 1 unspecified atom stereocenters. The van der Waals surface area contributed by atoms with Gasteiger partial charge in [0.1, 0.15) is 5.82 Å². The van der Waals surface area contributed by atoms with Crippen molar-refractivity contribution in [3.8, 4) is 0 Å². The van der Waals surface area contributed by atoms with Crippen LogP contribution in [0.4, 0.5) is 4.39 Å². The third-order valence-corrected chi connectivity index (χ3v) is 5.82. The van der Waals surface area contributed by atoms with Gasteiger partial charge < -0.3 is 5.32 Å². The molecule has 0 radical (unpaired) electrons. The van der Waals surface area contributed by atoms with E-state index in [0.29, 0.717) is 0 Å². The fraction of sp³-hybridized carbons (Fsp3) is 0.375. The zero-order valence-corrected chi connectivity index (χ0v) is 15.2. The van der Waals surface area contributed by atoms with Crippen molar-refractivity contribution >= 4 is 38.9 Å². The lowest BCUT2D eigenvalue weighted by Crippen LogP contribution is -2.23. The summed E-state index contributed by atoms with van der Waals surface area (Å²) in [6.07, 6.45) is 1.87. The molecule has 2 aromatic rings. The maximum absolute atomic E-state index is 13.3. The van der Waals surface area contributed by atoms with Crippen molar-refractivity contribution in [2.24, 2.45) is 0 Å². The van der Waals surface area contributed by atoms with Crippen molar-refractivity contribution in [1.29, 1.82) is 0 Å². The van der Waals surface area contributed by atoms with Crippen molar-refractivity contribution < 1.29 is 4.39 Å². The summed E-state index contributed by atoms with van der Waals surface area (Å²) in [5.74, 6) is -0.367. The van der Waals surface area contributed by atoms with Gasteiger partial charge in [0.05, 0.1) is 8.81 Å². The van der Waals surface area contributed by atoms with Crippen LogP contribution >= 0.6 is 38.9 Å². The van der Waals surface area contributed by atoms with Gasteiger partial charge in [0, 0.05) is 10.9 Å². The van der Waals surface area contributed by atoms with E-state index in [0.717, 1.165) is 28.7 Å². The maximum Gasteiger partial charge on any atom is 0.141 e. The Hall–Kier alpha value is -0.420. The molecule has 21 heavy (non-hydrogen) atoms. The average molecular weight is 391 g/mol. The molecule has 2 rings (SSSR count). The van der Waals surface area contributed by atoms with E-state index in [1.807, 2.05) is 0 Å². The number of halogens is 3. The molecule has 0 saturated carbocycles. The van der Waals surface area contributed by atoms with Crippen LogP contribution in [0.2, 0.25) is 5.02 Å². The summed E-state index contributed by atoms with van der Waals surface area (Å²) in [7, 11) is 0. The Kier molecular flexibility index (Phi) is 6.23. The van der Waals surface area contributed by atoms with Crippen LogP contribution in [0.3, 0.4) is 0 Å². The molecule has 0 amide bonds. The van der Waals surface area contributed by atoms with Crippen molar-refractivity contribution in [3.63, 3.8) is 0 Å². The van der Waals surface area contributed by atoms with Crippen LogP contribution in [0.5, 0.6) is 0 Å². The van der Waals surface area contributed by atoms with Crippen LogP contribution < -0.4 is 5.32 Å². The predicted molar refractivity (Wildman–Crippen MR) is 92.9 cm³/mol. The van der Waals surface area contributed by atoms with Gasteiger partial charge in [-0.05, 0) is 71.6 Å². The van der Waals surface area contributed by atoms with Crippen molar-refractivity contribution in [3.05, 3.63) is 54.9 Å². The molecular formula is C16H18BrClFNS. The van der Waals surface area contributed by atoms with Crippen LogP contribution in [0.25, 0.3) is 0 Å². The third kappa shape index (κ3) is 4.52. The standard InChI is InChI=1S/C16H18BrClFNS/c1-3-6-20-14(15-7-10(2)16(17)21-15)9-11-4-5-13(19)12(18)8-11/h4-5,7-8,14,20H,3,6,9H2,1-2H3. The minimum absolute atomic E-state index is 0.185. The third-order valence-electron chi connectivity index (χ3n) is 3.28. The average Bonchev–Trinajstić information content (AvgIpc) is 2.78. The summed E-state index contributed by atoms with van der Waals surface area (Å²) in [4.78, 5) is 1.29. The number of hydrogen-bond acceptors (Lipinski definition) is 2. The molecule has 1 aromatic carbocycles. The van der Waals surface area contributed by atoms with E-state index in [2.05, 4.69) is 41.2 Å². The van der Waals surface area contributed by atoms with Gasteiger partial charge in [-0.3, -0.25) is 0 Å². The van der Waals surface area contributed by atoms with E-state index in [1.165, 1.54) is 16.5 Å². The molecule has 1 N–H and O–H groups in total. The van der Waals surface area contributed by atoms with Gasteiger partial charge in [0.15, 0.2) is 0 Å². The topological polar surface area (TPSA) is 12.0 Å². The highest BCUT2D eigenvalue weighted by atomic mass is 79.9. The molecule has 0 aliphatic rings. The molecule has 1 heterocycles. The molecule has 0 bridgehead atoms. The van der Waals surface area contributed by atoms with Gasteiger partial charge in [0.2, 0.25) is 0 Å². The molecular weight excluding hydrogens is 373 g/mol. The van der Waals surface area contributed by atoms with Crippen LogP contribution in [-0.4, -0.2) is 6.54 Å². The minimum atomic E-state index is -0.367. The Morgan fingerprint density at radius 3 is 2.71 bits per heavy atom. The van der Waals surface area contributed by atoms with Gasteiger partial charge in [0.25, 0.3) is 0 Å². The van der Waals surface area contributed by atoms with Crippen molar-refractivity contribution in [2.45, 2.75) is 32.7 Å². The number of aryl methyl sites for hydroxylation is 1. The van der Waals surface area contributed by atoms with Crippen molar-refractivity contribution in [2.75, 3.05) is 6.54 Å². The highest BCUT2D eigenvalue weighted by Gasteiger charge is 2.16. The van der Waals surface area contributed by atoms with Crippen LogP contribution in [-0.2, 0) is 6.42 Å². The Balaban J connectivity index is 2.21. The van der Waals surface area contributed by atoms with Gasteiger partial charge in [-0.1, -0.05) is 24.6 Å². The number of nitrogens with one attached hydrogen (secondary N) is 1. The first-order valence-corrected chi connectivity index (χ1v) is 8.93. The lowest BCUT2D eigenvalue weighted by Gasteiger charge is -2.17. The Labute approximate surface area is 142 Å². The van der Waals surface area contributed by atoms with E-state index in [4.69, 9.17) is 11.6 Å². The van der Waals surface area contributed by atoms with E-state index in [-0.39, 0.29) is 16.9 Å². The summed E-state index contributed by atoms with van der Waals surface area (Å²) >= 11 is 11.2. The van der Waals surface area contributed by atoms with Crippen LogP contribution in [0.1, 0.15) is 35.4 Å². The Bertz CT molecular complexity index is 595. The first kappa shape index (κ1) is 16.9. The summed E-state index contributed by atoms with van der Waals surface area (Å²) in [5, 5.41) is 3.75. The molecule has 5 heteroatoms. The molecule has 0 aliphatic carbocycles. The van der Waals surface area contributed by atoms with Crippen LogP contribution in [0, 0.1) is 12.7 Å². The number of rotatable bonds is 6. The Morgan fingerprint density at radius 2 is 2.14 bits per heavy atom. The SMILES string of the molecule is CCCNC(Cc1ccc(F)c(Cl)c1)c1cc(C)c(Br)s1. The van der Waals surface area contributed by atoms with Gasteiger partial charge in [-0.2, -0.15) is 0 Å². The normalized spacial score (nSPS) is 12.6. The zero-order valence-electron chi connectivity index (χ0n) is 12.1. The summed E-state index contributed by atoms with van der Waals surface area (Å²) in [6, 6.07) is 7.38. The predicted octanol–water partition coefficient (Wildman–Crippen LogP) is 5.89. The number of thiophene rings is 1. The molecule has 1 aromatic heterocycles. The summed E-state index contributed by atoms with van der Waals surface area (Å²) in [6.45, 7) is 5.19.